The number of hydrogen-bond acceptors (Lipinski definition) is 4. The predicted molar refractivity (Wildman–Crippen MR) is 171 cm³/mol. The normalized spacial score (nSPS) is 12.2. The van der Waals surface area contributed by atoms with Gasteiger partial charge in [-0.15, -0.1) is 0 Å². The van der Waals surface area contributed by atoms with Crippen LogP contribution in [0, 0.1) is 0 Å². The number of aromatic nitrogens is 1. The smallest absolute Gasteiger partial charge is 0.207 e. The van der Waals surface area contributed by atoms with E-state index in [4.69, 9.17) is 8.83 Å². The van der Waals surface area contributed by atoms with Crippen LogP contribution in [-0.2, 0) is 6.54 Å². The van der Waals surface area contributed by atoms with Crippen LogP contribution in [-0.4, -0.2) is 43.8 Å². The summed E-state index contributed by atoms with van der Waals surface area (Å²) < 4.78 is 18.6. The average molecular weight is 540 g/mol. The Bertz CT molecular complexity index is 1770. The first-order valence-corrected chi connectivity index (χ1v) is 15.3. The Morgan fingerprint density at radius 1 is 0.575 bits per heavy atom. The third-order valence-corrected chi connectivity index (χ3v) is 8.79. The maximum atomic E-state index is 6.84. The number of hydrogen-bond donors (Lipinski definition) is 0. The highest BCUT2D eigenvalue weighted by molar-refractivity contribution is 6.33. The van der Waals surface area contributed by atoms with E-state index in [9.17, 15) is 0 Å². The zero-order valence-electron chi connectivity index (χ0n) is 25.2. The summed E-state index contributed by atoms with van der Waals surface area (Å²) in [5, 5.41) is 5.87. The van der Waals surface area contributed by atoms with Gasteiger partial charge in [-0.1, -0.05) is 6.92 Å². The number of aryl methyl sites for hydroxylation is 1. The van der Waals surface area contributed by atoms with Crippen LogP contribution in [0.25, 0.3) is 54.9 Å². The fraction of sp³-hybridized carbons (Fsp3) is 0.441. The van der Waals surface area contributed by atoms with E-state index in [0.29, 0.717) is 0 Å². The van der Waals surface area contributed by atoms with E-state index < -0.39 is 0 Å². The number of rotatable bonds is 10. The quantitative estimate of drug-likeness (QED) is 0.101. The summed E-state index contributed by atoms with van der Waals surface area (Å²) in [4.78, 5) is 4.83. The van der Waals surface area contributed by atoms with Crippen molar-refractivity contribution in [1.82, 2.24) is 9.14 Å². The molecule has 6 aromatic rings. The molecule has 0 N–H and O–H groups in total. The highest BCUT2D eigenvalue weighted by Gasteiger charge is 2.25. The van der Waals surface area contributed by atoms with Crippen molar-refractivity contribution in [2.75, 3.05) is 49.1 Å². The summed E-state index contributed by atoms with van der Waals surface area (Å²) in [5.74, 6) is 0. The number of benzene rings is 3. The monoisotopic (exact) mass is 539 g/mol. The van der Waals surface area contributed by atoms with E-state index in [1.54, 1.807) is 0 Å². The number of nitrogens with zero attached hydrogens (tertiary/aromatic N) is 4. The van der Waals surface area contributed by atoms with Crippen LogP contribution in [0.4, 0.5) is 11.4 Å². The molecule has 0 aliphatic rings. The molecule has 0 saturated carbocycles. The van der Waals surface area contributed by atoms with E-state index in [1.165, 1.54) is 38.6 Å². The Kier molecular flexibility index (Phi) is 6.89. The molecule has 0 bridgehead atoms. The average Bonchev–Trinajstić information content (AvgIpc) is 2.96. The van der Waals surface area contributed by atoms with E-state index in [1.807, 2.05) is 0 Å². The van der Waals surface area contributed by atoms with E-state index in [0.717, 1.165) is 85.3 Å². The lowest BCUT2D eigenvalue weighted by Gasteiger charge is -2.27. The van der Waals surface area contributed by atoms with Gasteiger partial charge in [0.25, 0.3) is 0 Å². The molecule has 3 aromatic heterocycles. The lowest BCUT2D eigenvalue weighted by atomic mass is 9.96. The van der Waals surface area contributed by atoms with Gasteiger partial charge in [-0.05, 0) is 60.1 Å². The summed E-state index contributed by atoms with van der Waals surface area (Å²) in [6.07, 6.45) is 1.04. The lowest BCUT2D eigenvalue weighted by Crippen LogP contribution is -2.29. The Balaban J connectivity index is 1.91. The van der Waals surface area contributed by atoms with Gasteiger partial charge in [0.2, 0.25) is 5.36 Å². The highest BCUT2D eigenvalue weighted by atomic mass is 16.3. The number of anilines is 2. The van der Waals surface area contributed by atoms with Gasteiger partial charge < -0.3 is 23.2 Å². The van der Waals surface area contributed by atoms with Gasteiger partial charge in [0, 0.05) is 72.4 Å². The van der Waals surface area contributed by atoms with Crippen LogP contribution in [0.3, 0.4) is 0 Å². The topological polar surface area (TPSA) is 40.7 Å². The first-order valence-electron chi connectivity index (χ1n) is 15.3. The van der Waals surface area contributed by atoms with Crippen molar-refractivity contribution in [3.63, 3.8) is 0 Å². The summed E-state index contributed by atoms with van der Waals surface area (Å²) >= 11 is 0. The Morgan fingerprint density at radius 3 is 1.43 bits per heavy atom. The Labute approximate surface area is 236 Å². The third-order valence-electron chi connectivity index (χ3n) is 8.79. The Morgan fingerprint density at radius 2 is 1.02 bits per heavy atom. The maximum Gasteiger partial charge on any atom is 0.207 e. The van der Waals surface area contributed by atoms with Crippen molar-refractivity contribution in [3.8, 4) is 0 Å². The van der Waals surface area contributed by atoms with Crippen LogP contribution in [0.1, 0.15) is 54.9 Å². The maximum absolute atomic E-state index is 6.84. The van der Waals surface area contributed by atoms with Gasteiger partial charge in [0.1, 0.15) is 35.4 Å². The molecule has 0 aliphatic carbocycles. The SMILES string of the molecule is CCCn1c2cc(N(CC)CC)cc3oc4cc(=[N+](CC)CC)cc5oc6cc(N(CC)CC)cc1c6c(c45)c32. The van der Waals surface area contributed by atoms with Crippen LogP contribution in [0.15, 0.2) is 45.2 Å². The van der Waals surface area contributed by atoms with Crippen molar-refractivity contribution < 1.29 is 8.83 Å². The van der Waals surface area contributed by atoms with Crippen LogP contribution < -0.4 is 19.7 Å². The summed E-state index contributed by atoms with van der Waals surface area (Å²) in [6, 6.07) is 13.7. The van der Waals surface area contributed by atoms with E-state index >= 15 is 0 Å². The molecular formula is C34H43N4O2+. The second kappa shape index (κ2) is 10.4. The molecule has 0 saturated heterocycles. The van der Waals surface area contributed by atoms with Gasteiger partial charge in [-0.3, -0.25) is 0 Å². The minimum absolute atomic E-state index is 0.887. The fourth-order valence-electron chi connectivity index (χ4n) is 6.77. The molecule has 0 spiro atoms. The van der Waals surface area contributed by atoms with E-state index in [2.05, 4.69) is 104 Å². The molecule has 6 heteroatoms. The predicted octanol–water partition coefficient (Wildman–Crippen LogP) is 7.79. The standard InChI is InChI=1S/C34H43N4O2/c1-8-15-38-25-16-22(35(9-2)10-3)18-27-31(25)34-32-26(38)17-23(36(11-4)12-5)19-28(32)40-30-21-24(37(13-6)14-7)20-29(39-27)33(30)34/h16-21H,8-15H2,1-7H3/q+1. The molecule has 0 amide bonds. The third kappa shape index (κ3) is 3.87. The van der Waals surface area contributed by atoms with Crippen LogP contribution in [0.2, 0.25) is 0 Å². The van der Waals surface area contributed by atoms with Crippen molar-refractivity contribution in [3.05, 3.63) is 41.8 Å². The van der Waals surface area contributed by atoms with Crippen LogP contribution >= 0.6 is 0 Å². The highest BCUT2D eigenvalue weighted by Crippen LogP contribution is 2.46. The van der Waals surface area contributed by atoms with Crippen molar-refractivity contribution in [2.24, 2.45) is 0 Å². The number of pyridine rings is 1. The molecule has 0 fully saturated rings. The fourth-order valence-corrected chi connectivity index (χ4v) is 6.77. The zero-order valence-corrected chi connectivity index (χ0v) is 25.2. The molecule has 3 heterocycles. The van der Waals surface area contributed by atoms with Gasteiger partial charge in [0.05, 0.1) is 28.6 Å². The molecule has 6 nitrogen and oxygen atoms in total. The van der Waals surface area contributed by atoms with Gasteiger partial charge >= 0.3 is 0 Å². The first-order chi connectivity index (χ1) is 19.5. The minimum atomic E-state index is 0.887. The first kappa shape index (κ1) is 26.5. The molecule has 3 aromatic carbocycles. The minimum Gasteiger partial charge on any atom is -0.455 e. The lowest BCUT2D eigenvalue weighted by molar-refractivity contribution is 0.615. The van der Waals surface area contributed by atoms with Gasteiger partial charge in [-0.25, -0.2) is 4.58 Å². The molecular weight excluding hydrogens is 496 g/mol. The van der Waals surface area contributed by atoms with E-state index in [-0.39, 0.29) is 0 Å². The molecule has 0 aliphatic heterocycles. The second-order valence-electron chi connectivity index (χ2n) is 10.7. The summed E-state index contributed by atoms with van der Waals surface area (Å²) in [7, 11) is 0. The second-order valence-corrected chi connectivity index (χ2v) is 10.7. The van der Waals surface area contributed by atoms with Crippen molar-refractivity contribution >= 4 is 66.3 Å². The molecule has 210 valence electrons. The summed E-state index contributed by atoms with van der Waals surface area (Å²) in [6.45, 7) is 22.1. The summed E-state index contributed by atoms with van der Waals surface area (Å²) in [5.41, 5.74) is 8.54. The van der Waals surface area contributed by atoms with Crippen molar-refractivity contribution in [2.45, 2.75) is 61.4 Å². The molecule has 6 rings (SSSR count). The zero-order chi connectivity index (χ0) is 28.1. The van der Waals surface area contributed by atoms with Gasteiger partial charge in [0.15, 0.2) is 0 Å². The molecule has 40 heavy (non-hydrogen) atoms. The molecule has 0 radical (unpaired) electrons. The Hall–Kier alpha value is -3.67. The van der Waals surface area contributed by atoms with Crippen molar-refractivity contribution in [1.29, 1.82) is 0 Å². The van der Waals surface area contributed by atoms with Crippen LogP contribution in [0.5, 0.6) is 0 Å². The van der Waals surface area contributed by atoms with Gasteiger partial charge in [-0.2, -0.15) is 0 Å². The molecule has 0 unspecified atom stereocenters. The largest absolute Gasteiger partial charge is 0.455 e. The molecule has 0 atom stereocenters.